The van der Waals surface area contributed by atoms with Crippen molar-refractivity contribution in [3.05, 3.63) is 82.9 Å². The van der Waals surface area contributed by atoms with Crippen molar-refractivity contribution in [3.8, 4) is 6.07 Å². The summed E-state index contributed by atoms with van der Waals surface area (Å²) in [5, 5.41) is 18.7. The second-order valence-electron chi connectivity index (χ2n) is 7.15. The monoisotopic (exact) mass is 376 g/mol. The Bertz CT molecular complexity index is 875. The largest absolute Gasteiger partial charge is 0.478 e. The first-order valence-electron chi connectivity index (χ1n) is 9.54. The first-order valence-corrected chi connectivity index (χ1v) is 9.54. The minimum Gasteiger partial charge on any atom is -0.478 e. The number of likely N-dealkylation sites (tertiary alicyclic amines) is 1. The van der Waals surface area contributed by atoms with E-state index in [1.165, 1.54) is 0 Å². The van der Waals surface area contributed by atoms with Gasteiger partial charge in [0.15, 0.2) is 0 Å². The van der Waals surface area contributed by atoms with Gasteiger partial charge in [0.25, 0.3) is 0 Å². The number of hydrogen-bond donors (Lipinski definition) is 1. The fourth-order valence-corrected chi connectivity index (χ4v) is 3.90. The van der Waals surface area contributed by atoms with Crippen molar-refractivity contribution in [3.63, 3.8) is 0 Å². The standard InChI is InChI=1S/C22H24N2O2.C2H4/c1-15-11-16(2)21(22(25)26)12-19(15)14-24-9-7-17(8-10-24)20-6-4-3-5-18(20)13-23;1-2/h3-6,11-12,17H,7-10,14H2,1-2H3,(H,25,26);1-2H2. The van der Waals surface area contributed by atoms with Gasteiger partial charge in [0.05, 0.1) is 17.2 Å². The molecule has 4 heteroatoms. The molecule has 0 radical (unpaired) electrons. The molecule has 0 aliphatic carbocycles. The topological polar surface area (TPSA) is 64.3 Å². The van der Waals surface area contributed by atoms with Gasteiger partial charge in [-0.1, -0.05) is 24.3 Å². The average molecular weight is 377 g/mol. The Morgan fingerprint density at radius 3 is 2.43 bits per heavy atom. The third-order valence-electron chi connectivity index (χ3n) is 5.42. The maximum Gasteiger partial charge on any atom is 0.335 e. The predicted molar refractivity (Wildman–Crippen MR) is 113 cm³/mol. The lowest BCUT2D eigenvalue weighted by Crippen LogP contribution is -2.33. The van der Waals surface area contributed by atoms with Crippen LogP contribution >= 0.6 is 0 Å². The van der Waals surface area contributed by atoms with E-state index in [-0.39, 0.29) is 0 Å². The van der Waals surface area contributed by atoms with Gasteiger partial charge in [-0.3, -0.25) is 4.90 Å². The number of carboxylic acids is 1. The first-order chi connectivity index (χ1) is 13.5. The highest BCUT2D eigenvalue weighted by Gasteiger charge is 2.23. The quantitative estimate of drug-likeness (QED) is 0.758. The summed E-state index contributed by atoms with van der Waals surface area (Å²) in [5.74, 6) is -0.439. The third-order valence-corrected chi connectivity index (χ3v) is 5.42. The van der Waals surface area contributed by atoms with E-state index >= 15 is 0 Å². The smallest absolute Gasteiger partial charge is 0.335 e. The van der Waals surface area contributed by atoms with Crippen molar-refractivity contribution >= 4 is 5.97 Å². The van der Waals surface area contributed by atoms with Crippen LogP contribution in [0.2, 0.25) is 0 Å². The van der Waals surface area contributed by atoms with E-state index in [0.29, 0.717) is 11.5 Å². The van der Waals surface area contributed by atoms with Crippen LogP contribution in [0.3, 0.4) is 0 Å². The van der Waals surface area contributed by atoms with E-state index < -0.39 is 5.97 Å². The van der Waals surface area contributed by atoms with Gasteiger partial charge in [0.2, 0.25) is 0 Å². The van der Waals surface area contributed by atoms with Crippen molar-refractivity contribution < 1.29 is 9.90 Å². The summed E-state index contributed by atoms with van der Waals surface area (Å²) in [6.07, 6.45) is 2.05. The lowest BCUT2D eigenvalue weighted by Gasteiger charge is -2.33. The number of aryl methyl sites for hydroxylation is 2. The van der Waals surface area contributed by atoms with Crippen LogP contribution in [0.5, 0.6) is 0 Å². The number of rotatable bonds is 4. The molecule has 2 aromatic rings. The van der Waals surface area contributed by atoms with Crippen molar-refractivity contribution in [2.75, 3.05) is 13.1 Å². The molecule has 1 aliphatic heterocycles. The fourth-order valence-electron chi connectivity index (χ4n) is 3.90. The van der Waals surface area contributed by atoms with Gasteiger partial charge in [0, 0.05) is 6.54 Å². The van der Waals surface area contributed by atoms with Crippen LogP contribution in [0.1, 0.15) is 56.9 Å². The second-order valence-corrected chi connectivity index (χ2v) is 7.15. The summed E-state index contributed by atoms with van der Waals surface area (Å²) in [6.45, 7) is 12.6. The number of aromatic carboxylic acids is 1. The van der Waals surface area contributed by atoms with Gasteiger partial charge < -0.3 is 5.11 Å². The van der Waals surface area contributed by atoms with Gasteiger partial charge >= 0.3 is 5.97 Å². The average Bonchev–Trinajstić information content (AvgIpc) is 2.71. The van der Waals surface area contributed by atoms with Gasteiger partial charge in [-0.15, -0.1) is 13.2 Å². The second kappa shape index (κ2) is 9.87. The summed E-state index contributed by atoms with van der Waals surface area (Å²) in [6, 6.07) is 14.0. The minimum atomic E-state index is -0.865. The number of piperidine rings is 1. The number of benzene rings is 2. The van der Waals surface area contributed by atoms with Crippen molar-refractivity contribution in [1.29, 1.82) is 5.26 Å². The predicted octanol–water partition coefficient (Wildman–Crippen LogP) is 5.06. The van der Waals surface area contributed by atoms with Gasteiger partial charge in [-0.05, 0) is 80.1 Å². The molecule has 0 bridgehead atoms. The Morgan fingerprint density at radius 1 is 1.18 bits per heavy atom. The molecule has 0 amide bonds. The SMILES string of the molecule is C=C.Cc1cc(C)c(C(=O)O)cc1CN1CCC(c2ccccc2C#N)CC1. The summed E-state index contributed by atoms with van der Waals surface area (Å²) >= 11 is 0. The summed E-state index contributed by atoms with van der Waals surface area (Å²) in [7, 11) is 0. The maximum absolute atomic E-state index is 11.4. The van der Waals surface area contributed by atoms with Crippen LogP contribution in [-0.2, 0) is 6.54 Å². The highest BCUT2D eigenvalue weighted by atomic mass is 16.4. The molecule has 0 atom stereocenters. The maximum atomic E-state index is 11.4. The Hall–Kier alpha value is -2.90. The zero-order valence-electron chi connectivity index (χ0n) is 16.7. The molecule has 0 saturated carbocycles. The van der Waals surface area contributed by atoms with Crippen molar-refractivity contribution in [2.45, 2.75) is 39.2 Å². The summed E-state index contributed by atoms with van der Waals surface area (Å²) in [5.41, 5.74) is 5.38. The van der Waals surface area contributed by atoms with Gasteiger partial charge in [0.1, 0.15) is 0 Å². The lowest BCUT2D eigenvalue weighted by atomic mass is 9.86. The molecule has 1 fully saturated rings. The number of carboxylic acid groups (broad SMARTS) is 1. The normalized spacial score (nSPS) is 14.6. The fraction of sp³-hybridized carbons (Fsp3) is 0.333. The van der Waals surface area contributed by atoms with Gasteiger partial charge in [-0.2, -0.15) is 5.26 Å². The number of nitriles is 1. The molecule has 0 unspecified atom stereocenters. The molecule has 0 spiro atoms. The number of carbonyl (C=O) groups is 1. The Labute approximate surface area is 167 Å². The molecule has 0 aromatic heterocycles. The highest BCUT2D eigenvalue weighted by Crippen LogP contribution is 2.31. The summed E-state index contributed by atoms with van der Waals surface area (Å²) < 4.78 is 0. The van der Waals surface area contributed by atoms with Crippen molar-refractivity contribution in [2.24, 2.45) is 0 Å². The Balaban J connectivity index is 0.00000136. The molecule has 1 saturated heterocycles. The molecular weight excluding hydrogens is 348 g/mol. The minimum absolute atomic E-state index is 0.392. The Kier molecular flexibility index (Phi) is 7.54. The molecule has 3 rings (SSSR count). The molecule has 2 aromatic carbocycles. The summed E-state index contributed by atoms with van der Waals surface area (Å²) in [4.78, 5) is 13.8. The van der Waals surface area contributed by atoms with Gasteiger partial charge in [-0.25, -0.2) is 4.79 Å². The lowest BCUT2D eigenvalue weighted by molar-refractivity contribution is 0.0696. The molecule has 1 heterocycles. The van der Waals surface area contributed by atoms with Crippen LogP contribution in [-0.4, -0.2) is 29.1 Å². The molecule has 1 aliphatic rings. The van der Waals surface area contributed by atoms with E-state index in [2.05, 4.69) is 30.2 Å². The van der Waals surface area contributed by atoms with Crippen LogP contribution in [0.4, 0.5) is 0 Å². The highest BCUT2D eigenvalue weighted by molar-refractivity contribution is 5.89. The van der Waals surface area contributed by atoms with E-state index in [0.717, 1.165) is 60.3 Å². The third kappa shape index (κ3) is 4.88. The zero-order chi connectivity index (χ0) is 20.7. The van der Waals surface area contributed by atoms with E-state index in [1.807, 2.05) is 44.2 Å². The molecule has 4 nitrogen and oxygen atoms in total. The van der Waals surface area contributed by atoms with Crippen LogP contribution in [0.25, 0.3) is 0 Å². The number of hydrogen-bond acceptors (Lipinski definition) is 3. The first kappa shape index (κ1) is 21.4. The van der Waals surface area contributed by atoms with E-state index in [1.54, 1.807) is 0 Å². The molecule has 1 N–H and O–H groups in total. The van der Waals surface area contributed by atoms with E-state index in [4.69, 9.17) is 0 Å². The van der Waals surface area contributed by atoms with Crippen LogP contribution < -0.4 is 0 Å². The van der Waals surface area contributed by atoms with Crippen LogP contribution in [0.15, 0.2) is 49.6 Å². The number of nitrogens with zero attached hydrogens (tertiary/aromatic N) is 2. The van der Waals surface area contributed by atoms with E-state index in [9.17, 15) is 15.2 Å². The molecular formula is C24H28N2O2. The van der Waals surface area contributed by atoms with Crippen LogP contribution in [0, 0.1) is 25.2 Å². The zero-order valence-corrected chi connectivity index (χ0v) is 16.7. The Morgan fingerprint density at radius 2 is 1.82 bits per heavy atom. The molecule has 28 heavy (non-hydrogen) atoms. The van der Waals surface area contributed by atoms with Crippen molar-refractivity contribution in [1.82, 2.24) is 4.90 Å². The molecule has 146 valence electrons.